The molecule has 0 bridgehead atoms. The van der Waals surface area contributed by atoms with E-state index < -0.39 is 6.04 Å². The van der Waals surface area contributed by atoms with E-state index in [1.807, 2.05) is 54.6 Å². The Labute approximate surface area is 224 Å². The number of thioether (sulfide) groups is 1. The van der Waals surface area contributed by atoms with Crippen molar-refractivity contribution in [3.63, 3.8) is 0 Å². The molecule has 0 heterocycles. The van der Waals surface area contributed by atoms with E-state index >= 15 is 0 Å². The van der Waals surface area contributed by atoms with E-state index in [2.05, 4.69) is 50.4 Å². The van der Waals surface area contributed by atoms with E-state index in [-0.39, 0.29) is 18.4 Å². The largest absolute Gasteiger partial charge is 0.354 e. The summed E-state index contributed by atoms with van der Waals surface area (Å²) in [6.07, 6.45) is 0.762. The molecule has 6 heteroatoms. The number of aryl methyl sites for hydroxylation is 1. The minimum Gasteiger partial charge on any atom is -0.354 e. The predicted molar refractivity (Wildman–Crippen MR) is 150 cm³/mol. The maximum absolute atomic E-state index is 13.7. The summed E-state index contributed by atoms with van der Waals surface area (Å²) in [5.74, 6) is 0.742. The number of amides is 2. The first-order valence-electron chi connectivity index (χ1n) is 12.4. The van der Waals surface area contributed by atoms with Crippen LogP contribution < -0.4 is 5.32 Å². The Kier molecular flexibility index (Phi) is 10.9. The third kappa shape index (κ3) is 8.72. The third-order valence-corrected chi connectivity index (χ3v) is 7.24. The molecule has 0 aliphatic rings. The molecule has 190 valence electrons. The number of hydrogen-bond donors (Lipinski definition) is 1. The second-order valence-electron chi connectivity index (χ2n) is 9.37. The van der Waals surface area contributed by atoms with Gasteiger partial charge in [-0.25, -0.2) is 0 Å². The number of rotatable bonds is 12. The fourth-order valence-corrected chi connectivity index (χ4v) is 4.86. The van der Waals surface area contributed by atoms with Gasteiger partial charge in [0.25, 0.3) is 0 Å². The van der Waals surface area contributed by atoms with E-state index in [1.54, 1.807) is 16.7 Å². The number of benzene rings is 3. The summed E-state index contributed by atoms with van der Waals surface area (Å²) in [6, 6.07) is 25.0. The quantitative estimate of drug-likeness (QED) is 0.275. The van der Waals surface area contributed by atoms with Gasteiger partial charge in [-0.15, -0.1) is 11.8 Å². The summed E-state index contributed by atoms with van der Waals surface area (Å²) in [6.45, 7) is 7.01. The molecule has 0 radical (unpaired) electrons. The minimum absolute atomic E-state index is 0.0600. The van der Waals surface area contributed by atoms with Gasteiger partial charge in [0.2, 0.25) is 11.8 Å². The van der Waals surface area contributed by atoms with Gasteiger partial charge in [-0.1, -0.05) is 91.7 Å². The van der Waals surface area contributed by atoms with Gasteiger partial charge in [0, 0.05) is 41.6 Å². The van der Waals surface area contributed by atoms with Crippen LogP contribution in [-0.4, -0.2) is 35.1 Å². The number of carbonyl (C=O) groups is 2. The fraction of sp³-hybridized carbons (Fsp3) is 0.333. The maximum atomic E-state index is 13.7. The molecule has 0 saturated carbocycles. The highest BCUT2D eigenvalue weighted by molar-refractivity contribution is 7.99. The molecule has 0 unspecified atom stereocenters. The number of nitrogens with zero attached hydrogens (tertiary/aromatic N) is 1. The van der Waals surface area contributed by atoms with Gasteiger partial charge in [0.15, 0.2) is 0 Å². The summed E-state index contributed by atoms with van der Waals surface area (Å²) >= 11 is 8.12. The van der Waals surface area contributed by atoms with Crippen LogP contribution in [0.25, 0.3) is 0 Å². The second-order valence-corrected chi connectivity index (χ2v) is 10.9. The average Bonchev–Trinajstić information content (AvgIpc) is 2.87. The Bertz CT molecular complexity index is 1120. The van der Waals surface area contributed by atoms with Crippen molar-refractivity contribution in [1.82, 2.24) is 10.2 Å². The number of hydrogen-bond acceptors (Lipinski definition) is 3. The smallest absolute Gasteiger partial charge is 0.243 e. The summed E-state index contributed by atoms with van der Waals surface area (Å²) in [4.78, 5) is 30.0. The Morgan fingerprint density at radius 2 is 1.61 bits per heavy atom. The van der Waals surface area contributed by atoms with Crippen LogP contribution in [0.3, 0.4) is 0 Å². The van der Waals surface area contributed by atoms with Crippen LogP contribution in [0.15, 0.2) is 83.8 Å². The molecular formula is C30H35ClN2O2S. The minimum atomic E-state index is -0.640. The zero-order chi connectivity index (χ0) is 25.9. The first-order valence-corrected chi connectivity index (χ1v) is 13.7. The molecule has 1 atom stereocenters. The lowest BCUT2D eigenvalue weighted by Gasteiger charge is -2.32. The van der Waals surface area contributed by atoms with Gasteiger partial charge in [-0.3, -0.25) is 9.59 Å². The van der Waals surface area contributed by atoms with Crippen LogP contribution in [0.2, 0.25) is 5.02 Å². The summed E-state index contributed by atoms with van der Waals surface area (Å²) in [7, 11) is 0. The molecule has 0 fully saturated rings. The third-order valence-electron chi connectivity index (χ3n) is 5.86. The highest BCUT2D eigenvalue weighted by Crippen LogP contribution is 2.23. The molecule has 0 aliphatic carbocycles. The molecule has 36 heavy (non-hydrogen) atoms. The summed E-state index contributed by atoms with van der Waals surface area (Å²) in [5, 5.41) is 3.64. The van der Waals surface area contributed by atoms with Crippen LogP contribution >= 0.6 is 23.4 Å². The molecule has 1 N–H and O–H groups in total. The monoisotopic (exact) mass is 522 g/mol. The van der Waals surface area contributed by atoms with E-state index in [0.29, 0.717) is 36.1 Å². The first-order chi connectivity index (χ1) is 17.3. The van der Waals surface area contributed by atoms with Crippen LogP contribution in [0, 0.1) is 12.8 Å². The predicted octanol–water partition coefficient (Wildman–Crippen LogP) is 6.54. The maximum Gasteiger partial charge on any atom is 0.243 e. The molecule has 3 aromatic rings. The number of nitrogens with one attached hydrogen (secondary N) is 1. The fourth-order valence-electron chi connectivity index (χ4n) is 3.82. The van der Waals surface area contributed by atoms with Crippen molar-refractivity contribution >= 4 is 35.2 Å². The van der Waals surface area contributed by atoms with Crippen LogP contribution in [-0.2, 0) is 22.6 Å². The highest BCUT2D eigenvalue weighted by Gasteiger charge is 2.30. The van der Waals surface area contributed by atoms with Crippen LogP contribution in [0.4, 0.5) is 0 Å². The zero-order valence-corrected chi connectivity index (χ0v) is 22.8. The van der Waals surface area contributed by atoms with Gasteiger partial charge in [-0.2, -0.15) is 0 Å². The Morgan fingerprint density at radius 3 is 2.28 bits per heavy atom. The van der Waals surface area contributed by atoms with Crippen LogP contribution in [0.1, 0.15) is 37.0 Å². The van der Waals surface area contributed by atoms with Crippen molar-refractivity contribution in [1.29, 1.82) is 0 Å². The molecule has 0 saturated heterocycles. The second kappa shape index (κ2) is 14.1. The summed E-state index contributed by atoms with van der Waals surface area (Å²) in [5.41, 5.74) is 3.04. The van der Waals surface area contributed by atoms with Gasteiger partial charge in [-0.05, 0) is 42.2 Å². The van der Waals surface area contributed by atoms with E-state index in [0.717, 1.165) is 16.0 Å². The molecule has 0 aromatic heterocycles. The molecule has 0 aliphatic heterocycles. The van der Waals surface area contributed by atoms with Crippen molar-refractivity contribution in [2.75, 3.05) is 12.3 Å². The van der Waals surface area contributed by atoms with Gasteiger partial charge in [0.05, 0.1) is 0 Å². The Balaban J connectivity index is 1.84. The zero-order valence-electron chi connectivity index (χ0n) is 21.2. The van der Waals surface area contributed by atoms with Crippen molar-refractivity contribution in [2.24, 2.45) is 5.92 Å². The number of carbonyl (C=O) groups excluding carboxylic acids is 2. The van der Waals surface area contributed by atoms with Gasteiger partial charge in [0.1, 0.15) is 6.04 Å². The molecule has 3 rings (SSSR count). The van der Waals surface area contributed by atoms with E-state index in [1.165, 1.54) is 5.56 Å². The molecule has 4 nitrogen and oxygen atoms in total. The molecule has 0 spiro atoms. The standard InChI is InChI=1S/C30H35ClN2O2S/c1-22(2)20-32-30(35)28(19-24-9-5-4-6-10-24)33(21-25-11-7-8-12-27(25)31)29(34)17-18-36-26-15-13-23(3)14-16-26/h4-16,22,28H,17-21H2,1-3H3,(H,32,35)/t28-/m1/s1. The lowest BCUT2D eigenvalue weighted by molar-refractivity contribution is -0.141. The van der Waals surface area contributed by atoms with Crippen molar-refractivity contribution < 1.29 is 9.59 Å². The molecular weight excluding hydrogens is 488 g/mol. The lowest BCUT2D eigenvalue weighted by Crippen LogP contribution is -2.51. The topological polar surface area (TPSA) is 49.4 Å². The van der Waals surface area contributed by atoms with Crippen molar-refractivity contribution in [3.05, 3.63) is 101 Å². The van der Waals surface area contributed by atoms with E-state index in [9.17, 15) is 9.59 Å². The van der Waals surface area contributed by atoms with Gasteiger partial charge < -0.3 is 10.2 Å². The van der Waals surface area contributed by atoms with E-state index in [4.69, 9.17) is 11.6 Å². The highest BCUT2D eigenvalue weighted by atomic mass is 35.5. The van der Waals surface area contributed by atoms with Crippen molar-refractivity contribution in [2.45, 2.75) is 51.1 Å². The molecule has 3 aromatic carbocycles. The normalized spacial score (nSPS) is 11.8. The number of halogens is 1. The van der Waals surface area contributed by atoms with Crippen molar-refractivity contribution in [3.8, 4) is 0 Å². The van der Waals surface area contributed by atoms with Gasteiger partial charge >= 0.3 is 0 Å². The lowest BCUT2D eigenvalue weighted by atomic mass is 10.0. The Morgan fingerprint density at radius 1 is 0.944 bits per heavy atom. The average molecular weight is 523 g/mol. The molecule has 2 amide bonds. The van der Waals surface area contributed by atoms with Crippen LogP contribution in [0.5, 0.6) is 0 Å². The summed E-state index contributed by atoms with van der Waals surface area (Å²) < 4.78 is 0. The first kappa shape index (κ1) is 27.8. The Hall–Kier alpha value is -2.76. The SMILES string of the molecule is Cc1ccc(SCCC(=O)N(Cc2ccccc2Cl)[C@H](Cc2ccccc2)C(=O)NCC(C)C)cc1.